The van der Waals surface area contributed by atoms with Gasteiger partial charge in [0.2, 0.25) is 5.88 Å². The molecule has 0 amide bonds. The minimum atomic E-state index is 0.0900. The van der Waals surface area contributed by atoms with E-state index in [0.29, 0.717) is 19.0 Å². The van der Waals surface area contributed by atoms with Crippen molar-refractivity contribution in [2.24, 2.45) is 0 Å². The van der Waals surface area contributed by atoms with Gasteiger partial charge in [-0.3, -0.25) is 0 Å². The summed E-state index contributed by atoms with van der Waals surface area (Å²) >= 11 is 0. The molecule has 15 heavy (non-hydrogen) atoms. The lowest BCUT2D eigenvalue weighted by molar-refractivity contribution is 0.302. The number of aromatic nitrogens is 1. The maximum atomic E-state index is 8.92. The Morgan fingerprint density at radius 2 is 2.40 bits per heavy atom. The summed E-state index contributed by atoms with van der Waals surface area (Å²) < 4.78 is 5.04. The van der Waals surface area contributed by atoms with E-state index in [-0.39, 0.29) is 6.61 Å². The Balaban J connectivity index is 2.83. The van der Waals surface area contributed by atoms with Crippen LogP contribution >= 0.6 is 0 Å². The van der Waals surface area contributed by atoms with Crippen LogP contribution in [0.4, 0.5) is 5.82 Å². The third-order valence-corrected chi connectivity index (χ3v) is 1.96. The molecule has 0 fully saturated rings. The second-order valence-corrected chi connectivity index (χ2v) is 3.00. The zero-order valence-electron chi connectivity index (χ0n) is 8.89. The standard InChI is InChI=1S/C11H16N2O2/c1-3-7-13(8-9-14)10-5-4-6-11(12-10)15-2/h3-6,14H,1,7-9H2,2H3. The first-order valence-corrected chi connectivity index (χ1v) is 4.79. The minimum absolute atomic E-state index is 0.0900. The molecule has 1 heterocycles. The average Bonchev–Trinajstić information content (AvgIpc) is 2.29. The largest absolute Gasteiger partial charge is 0.481 e. The molecule has 0 aliphatic heterocycles. The molecule has 1 rings (SSSR count). The summed E-state index contributed by atoms with van der Waals surface area (Å²) in [7, 11) is 1.58. The van der Waals surface area contributed by atoms with E-state index in [1.807, 2.05) is 17.0 Å². The summed E-state index contributed by atoms with van der Waals surface area (Å²) in [5, 5.41) is 8.92. The first-order valence-electron chi connectivity index (χ1n) is 4.79. The number of hydrogen-bond acceptors (Lipinski definition) is 4. The molecular formula is C11H16N2O2. The molecule has 0 spiro atoms. The van der Waals surface area contributed by atoms with Crippen LogP contribution < -0.4 is 9.64 Å². The second kappa shape index (κ2) is 6.03. The molecular weight excluding hydrogens is 192 g/mol. The lowest BCUT2D eigenvalue weighted by Gasteiger charge is -2.21. The van der Waals surface area contributed by atoms with Crippen molar-refractivity contribution in [3.63, 3.8) is 0 Å². The van der Waals surface area contributed by atoms with Crippen molar-refractivity contribution in [3.8, 4) is 5.88 Å². The van der Waals surface area contributed by atoms with Gasteiger partial charge in [0.15, 0.2) is 0 Å². The van der Waals surface area contributed by atoms with Crippen LogP contribution in [0.3, 0.4) is 0 Å². The Labute approximate surface area is 89.8 Å². The number of nitrogens with zero attached hydrogens (tertiary/aromatic N) is 2. The van der Waals surface area contributed by atoms with Gasteiger partial charge in [-0.1, -0.05) is 12.1 Å². The maximum absolute atomic E-state index is 8.92. The van der Waals surface area contributed by atoms with Crippen LogP contribution in [0.15, 0.2) is 30.9 Å². The van der Waals surface area contributed by atoms with E-state index in [1.54, 1.807) is 19.3 Å². The van der Waals surface area contributed by atoms with Crippen molar-refractivity contribution in [1.82, 2.24) is 4.98 Å². The molecule has 1 aromatic heterocycles. The van der Waals surface area contributed by atoms with Gasteiger partial charge in [-0.25, -0.2) is 0 Å². The molecule has 82 valence electrons. The zero-order valence-corrected chi connectivity index (χ0v) is 8.89. The Morgan fingerprint density at radius 1 is 1.60 bits per heavy atom. The van der Waals surface area contributed by atoms with Crippen molar-refractivity contribution in [3.05, 3.63) is 30.9 Å². The van der Waals surface area contributed by atoms with Crippen LogP contribution in [0.5, 0.6) is 5.88 Å². The van der Waals surface area contributed by atoms with Crippen molar-refractivity contribution in [2.45, 2.75) is 0 Å². The van der Waals surface area contributed by atoms with E-state index >= 15 is 0 Å². The summed E-state index contributed by atoms with van der Waals surface area (Å²) in [6.07, 6.45) is 1.77. The molecule has 0 saturated heterocycles. The molecule has 0 aliphatic carbocycles. The van der Waals surface area contributed by atoms with Gasteiger partial charge in [-0.2, -0.15) is 4.98 Å². The molecule has 0 unspecified atom stereocenters. The van der Waals surface area contributed by atoms with Crippen molar-refractivity contribution >= 4 is 5.82 Å². The molecule has 0 radical (unpaired) electrons. The average molecular weight is 208 g/mol. The zero-order chi connectivity index (χ0) is 11.1. The molecule has 0 bridgehead atoms. The number of ether oxygens (including phenoxy) is 1. The molecule has 0 aliphatic rings. The van der Waals surface area contributed by atoms with Crippen LogP contribution in [0.25, 0.3) is 0 Å². The van der Waals surface area contributed by atoms with Crippen LogP contribution in [-0.4, -0.2) is 36.9 Å². The van der Waals surface area contributed by atoms with Crippen LogP contribution in [-0.2, 0) is 0 Å². The van der Waals surface area contributed by atoms with Crippen molar-refractivity contribution in [2.75, 3.05) is 31.7 Å². The topological polar surface area (TPSA) is 45.6 Å². The fourth-order valence-corrected chi connectivity index (χ4v) is 1.27. The summed E-state index contributed by atoms with van der Waals surface area (Å²) in [5.74, 6) is 1.35. The van der Waals surface area contributed by atoms with Gasteiger partial charge in [-0.15, -0.1) is 6.58 Å². The fourth-order valence-electron chi connectivity index (χ4n) is 1.27. The van der Waals surface area contributed by atoms with Crippen LogP contribution in [0.2, 0.25) is 0 Å². The number of aliphatic hydroxyl groups is 1. The normalized spacial score (nSPS) is 9.73. The van der Waals surface area contributed by atoms with E-state index in [9.17, 15) is 0 Å². The van der Waals surface area contributed by atoms with Gasteiger partial charge in [0, 0.05) is 19.2 Å². The SMILES string of the molecule is C=CCN(CCO)c1cccc(OC)n1. The predicted octanol–water partition coefficient (Wildman–Crippen LogP) is 1.07. The molecule has 0 atom stereocenters. The molecule has 0 aromatic carbocycles. The Bertz CT molecular complexity index is 315. The van der Waals surface area contributed by atoms with E-state index in [0.717, 1.165) is 5.82 Å². The Kier molecular flexibility index (Phi) is 4.63. The molecule has 4 nitrogen and oxygen atoms in total. The van der Waals surface area contributed by atoms with Crippen LogP contribution in [0, 0.1) is 0 Å². The van der Waals surface area contributed by atoms with Gasteiger partial charge in [0.1, 0.15) is 5.82 Å². The summed E-state index contributed by atoms with van der Waals surface area (Å²) in [5.41, 5.74) is 0. The monoisotopic (exact) mass is 208 g/mol. The number of methoxy groups -OCH3 is 1. The number of rotatable bonds is 6. The third-order valence-electron chi connectivity index (χ3n) is 1.96. The van der Waals surface area contributed by atoms with Gasteiger partial charge >= 0.3 is 0 Å². The van der Waals surface area contributed by atoms with E-state index in [1.165, 1.54) is 0 Å². The number of hydrogen-bond donors (Lipinski definition) is 1. The molecule has 0 saturated carbocycles. The highest BCUT2D eigenvalue weighted by Gasteiger charge is 2.05. The van der Waals surface area contributed by atoms with Crippen molar-refractivity contribution < 1.29 is 9.84 Å². The molecule has 1 N–H and O–H groups in total. The summed E-state index contributed by atoms with van der Waals surface area (Å²) in [6, 6.07) is 5.53. The minimum Gasteiger partial charge on any atom is -0.481 e. The number of anilines is 1. The summed E-state index contributed by atoms with van der Waals surface area (Å²) in [4.78, 5) is 6.20. The quantitative estimate of drug-likeness (QED) is 0.710. The van der Waals surface area contributed by atoms with Gasteiger partial charge in [0.05, 0.1) is 13.7 Å². The van der Waals surface area contributed by atoms with Crippen molar-refractivity contribution in [1.29, 1.82) is 0 Å². The lowest BCUT2D eigenvalue weighted by atomic mass is 10.4. The van der Waals surface area contributed by atoms with E-state index < -0.39 is 0 Å². The number of pyridine rings is 1. The van der Waals surface area contributed by atoms with Gasteiger partial charge < -0.3 is 14.7 Å². The highest BCUT2D eigenvalue weighted by atomic mass is 16.5. The second-order valence-electron chi connectivity index (χ2n) is 3.00. The maximum Gasteiger partial charge on any atom is 0.214 e. The predicted molar refractivity (Wildman–Crippen MR) is 60.3 cm³/mol. The molecule has 1 aromatic rings. The summed E-state index contributed by atoms with van der Waals surface area (Å²) in [6.45, 7) is 4.95. The van der Waals surface area contributed by atoms with Gasteiger partial charge in [-0.05, 0) is 6.07 Å². The lowest BCUT2D eigenvalue weighted by Crippen LogP contribution is -2.27. The smallest absolute Gasteiger partial charge is 0.214 e. The third kappa shape index (κ3) is 3.25. The number of aliphatic hydroxyl groups excluding tert-OH is 1. The fraction of sp³-hybridized carbons (Fsp3) is 0.364. The van der Waals surface area contributed by atoms with Crippen LogP contribution in [0.1, 0.15) is 0 Å². The first kappa shape index (κ1) is 11.5. The highest BCUT2D eigenvalue weighted by molar-refractivity contribution is 5.41. The molecule has 4 heteroatoms. The van der Waals surface area contributed by atoms with Gasteiger partial charge in [0.25, 0.3) is 0 Å². The Morgan fingerprint density at radius 3 is 3.00 bits per heavy atom. The Hall–Kier alpha value is -1.55. The van der Waals surface area contributed by atoms with E-state index in [2.05, 4.69) is 11.6 Å². The first-order chi connectivity index (χ1) is 7.31. The van der Waals surface area contributed by atoms with E-state index in [4.69, 9.17) is 9.84 Å². The highest BCUT2D eigenvalue weighted by Crippen LogP contribution is 2.14.